The number of anilines is 1. The van der Waals surface area contributed by atoms with Crippen molar-refractivity contribution in [2.75, 3.05) is 11.1 Å². The Balaban J connectivity index is 1.79. The molecule has 0 saturated carbocycles. The smallest absolute Gasteiger partial charge is 0.265 e. The van der Waals surface area contributed by atoms with Crippen molar-refractivity contribution in [1.82, 2.24) is 0 Å². The van der Waals surface area contributed by atoms with Gasteiger partial charge < -0.3 is 10.1 Å². The van der Waals surface area contributed by atoms with E-state index in [2.05, 4.69) is 12.2 Å². The Hall–Kier alpha value is -2.46. The third-order valence-corrected chi connectivity index (χ3v) is 5.08. The fourth-order valence-electron chi connectivity index (χ4n) is 2.84. The number of hydrogen-bond donors (Lipinski definition) is 1. The van der Waals surface area contributed by atoms with Gasteiger partial charge in [-0.2, -0.15) is 0 Å². The fourth-order valence-corrected chi connectivity index (χ4v) is 3.60. The highest BCUT2D eigenvalue weighted by Gasteiger charge is 2.20. The zero-order chi connectivity index (χ0) is 18.4. The van der Waals surface area contributed by atoms with Crippen molar-refractivity contribution in [1.29, 1.82) is 0 Å². The molecule has 0 radical (unpaired) electrons. The molecule has 134 valence electrons. The molecule has 0 bridgehead atoms. The van der Waals surface area contributed by atoms with E-state index in [9.17, 15) is 4.79 Å². The van der Waals surface area contributed by atoms with E-state index in [1.165, 1.54) is 0 Å². The molecule has 0 aromatic heterocycles. The van der Waals surface area contributed by atoms with Gasteiger partial charge in [-0.05, 0) is 35.8 Å². The average Bonchev–Trinajstić information content (AvgIpc) is 2.67. The van der Waals surface area contributed by atoms with Gasteiger partial charge in [0.25, 0.3) is 5.91 Å². The number of fused-ring (bicyclic) bond motifs is 1. The molecule has 0 saturated heterocycles. The largest absolute Gasteiger partial charge is 0.480 e. The number of thioether (sulfide) groups is 1. The Bertz CT molecular complexity index is 889. The van der Waals surface area contributed by atoms with Gasteiger partial charge in [0.2, 0.25) is 0 Å². The molecule has 1 atom stereocenters. The highest BCUT2D eigenvalue weighted by atomic mass is 32.2. The number of para-hydroxylation sites is 1. The monoisotopic (exact) mass is 365 g/mol. The van der Waals surface area contributed by atoms with Crippen LogP contribution in [0.25, 0.3) is 10.8 Å². The van der Waals surface area contributed by atoms with Crippen LogP contribution in [-0.2, 0) is 4.79 Å². The van der Waals surface area contributed by atoms with Crippen LogP contribution in [-0.4, -0.2) is 17.8 Å². The predicted molar refractivity (Wildman–Crippen MR) is 110 cm³/mol. The molecule has 1 amide bonds. The van der Waals surface area contributed by atoms with Crippen LogP contribution < -0.4 is 10.1 Å². The zero-order valence-electron chi connectivity index (χ0n) is 15.1. The average molecular weight is 365 g/mol. The Morgan fingerprint density at radius 1 is 1.00 bits per heavy atom. The van der Waals surface area contributed by atoms with Crippen molar-refractivity contribution in [3.05, 3.63) is 66.7 Å². The van der Waals surface area contributed by atoms with Crippen LogP contribution in [0.1, 0.15) is 20.3 Å². The van der Waals surface area contributed by atoms with E-state index in [1.54, 1.807) is 11.8 Å². The van der Waals surface area contributed by atoms with E-state index in [0.717, 1.165) is 32.9 Å². The summed E-state index contributed by atoms with van der Waals surface area (Å²) in [5.41, 5.74) is 0.837. The minimum Gasteiger partial charge on any atom is -0.480 e. The molecule has 0 unspecified atom stereocenters. The summed E-state index contributed by atoms with van der Waals surface area (Å²) in [6.07, 6.45) is 0.0542. The number of amides is 1. The number of benzene rings is 3. The van der Waals surface area contributed by atoms with Crippen LogP contribution in [0.15, 0.2) is 71.6 Å². The summed E-state index contributed by atoms with van der Waals surface area (Å²) in [6, 6.07) is 21.8. The SMILES string of the molecule is CCSc1ccccc1NC(=O)[C@H](CC)Oc1cccc2ccccc12. The lowest BCUT2D eigenvalue weighted by molar-refractivity contribution is -0.122. The summed E-state index contributed by atoms with van der Waals surface area (Å²) in [6.45, 7) is 4.06. The molecule has 3 aromatic rings. The summed E-state index contributed by atoms with van der Waals surface area (Å²) < 4.78 is 6.09. The minimum atomic E-state index is -0.541. The molecule has 1 N–H and O–H groups in total. The molecule has 0 heterocycles. The Morgan fingerprint density at radius 3 is 2.54 bits per heavy atom. The van der Waals surface area contributed by atoms with Gasteiger partial charge in [0.1, 0.15) is 5.75 Å². The van der Waals surface area contributed by atoms with E-state index < -0.39 is 6.10 Å². The summed E-state index contributed by atoms with van der Waals surface area (Å²) in [7, 11) is 0. The Kier molecular flexibility index (Phi) is 6.18. The van der Waals surface area contributed by atoms with Crippen molar-refractivity contribution in [2.45, 2.75) is 31.3 Å². The van der Waals surface area contributed by atoms with E-state index in [4.69, 9.17) is 4.74 Å². The van der Waals surface area contributed by atoms with Crippen LogP contribution in [0, 0.1) is 0 Å². The maximum absolute atomic E-state index is 12.8. The van der Waals surface area contributed by atoms with Crippen molar-refractivity contribution < 1.29 is 9.53 Å². The molecule has 3 rings (SSSR count). The van der Waals surface area contributed by atoms with E-state index >= 15 is 0 Å². The van der Waals surface area contributed by atoms with Crippen molar-refractivity contribution in [3.8, 4) is 5.75 Å². The normalized spacial score (nSPS) is 11.9. The van der Waals surface area contributed by atoms with Crippen LogP contribution in [0.5, 0.6) is 5.75 Å². The van der Waals surface area contributed by atoms with Gasteiger partial charge in [-0.3, -0.25) is 4.79 Å². The first-order valence-electron chi connectivity index (χ1n) is 8.90. The van der Waals surface area contributed by atoms with Crippen LogP contribution >= 0.6 is 11.8 Å². The Morgan fingerprint density at radius 2 is 1.73 bits per heavy atom. The highest BCUT2D eigenvalue weighted by molar-refractivity contribution is 7.99. The number of hydrogen-bond acceptors (Lipinski definition) is 3. The molecule has 0 fully saturated rings. The Labute approximate surface area is 158 Å². The second-order valence-electron chi connectivity index (χ2n) is 5.91. The number of rotatable bonds is 7. The number of nitrogens with one attached hydrogen (secondary N) is 1. The first-order valence-corrected chi connectivity index (χ1v) is 9.88. The summed E-state index contributed by atoms with van der Waals surface area (Å²) >= 11 is 1.71. The van der Waals surface area contributed by atoms with Gasteiger partial charge in [0.15, 0.2) is 6.10 Å². The number of ether oxygens (including phenoxy) is 1. The lowest BCUT2D eigenvalue weighted by Gasteiger charge is -2.19. The van der Waals surface area contributed by atoms with Crippen LogP contribution in [0.2, 0.25) is 0 Å². The number of carbonyl (C=O) groups is 1. The van der Waals surface area contributed by atoms with E-state index in [1.807, 2.05) is 73.7 Å². The van der Waals surface area contributed by atoms with Crippen molar-refractivity contribution >= 4 is 34.1 Å². The first-order chi connectivity index (χ1) is 12.7. The molecule has 0 aliphatic rings. The zero-order valence-corrected chi connectivity index (χ0v) is 15.9. The second-order valence-corrected chi connectivity index (χ2v) is 7.22. The standard InChI is InChI=1S/C22H23NO2S/c1-3-19(22(24)23-18-13-7-8-15-21(18)26-4-2)25-20-14-9-11-16-10-5-6-12-17(16)20/h5-15,19H,3-4H2,1-2H3,(H,23,24)/t19-/m0/s1. The van der Waals surface area contributed by atoms with Crippen molar-refractivity contribution in [2.24, 2.45) is 0 Å². The topological polar surface area (TPSA) is 38.3 Å². The van der Waals surface area contributed by atoms with Gasteiger partial charge in [0.05, 0.1) is 5.69 Å². The third-order valence-electron chi connectivity index (χ3n) is 4.13. The molecule has 4 heteroatoms. The molecule has 0 spiro atoms. The van der Waals surface area contributed by atoms with E-state index in [-0.39, 0.29) is 5.91 Å². The molecule has 0 aliphatic carbocycles. The van der Waals surface area contributed by atoms with Crippen LogP contribution in [0.4, 0.5) is 5.69 Å². The third kappa shape index (κ3) is 4.20. The molecule has 3 nitrogen and oxygen atoms in total. The maximum atomic E-state index is 12.8. The second kappa shape index (κ2) is 8.77. The number of carbonyl (C=O) groups excluding carboxylic acids is 1. The lowest BCUT2D eigenvalue weighted by atomic mass is 10.1. The molecular formula is C22H23NO2S. The van der Waals surface area contributed by atoms with Gasteiger partial charge in [-0.1, -0.05) is 62.4 Å². The van der Waals surface area contributed by atoms with Gasteiger partial charge in [-0.25, -0.2) is 0 Å². The quantitative estimate of drug-likeness (QED) is 0.542. The maximum Gasteiger partial charge on any atom is 0.265 e. The van der Waals surface area contributed by atoms with Gasteiger partial charge in [0, 0.05) is 10.3 Å². The fraction of sp³-hybridized carbons (Fsp3) is 0.227. The minimum absolute atomic E-state index is 0.121. The summed E-state index contributed by atoms with van der Waals surface area (Å²) in [4.78, 5) is 13.9. The highest BCUT2D eigenvalue weighted by Crippen LogP contribution is 2.29. The summed E-state index contributed by atoms with van der Waals surface area (Å²) in [5, 5.41) is 5.15. The first kappa shape index (κ1) is 18.3. The van der Waals surface area contributed by atoms with E-state index in [0.29, 0.717) is 6.42 Å². The van der Waals surface area contributed by atoms with Gasteiger partial charge in [-0.15, -0.1) is 11.8 Å². The summed E-state index contributed by atoms with van der Waals surface area (Å²) in [5.74, 6) is 1.57. The molecule has 3 aromatic carbocycles. The molecule has 26 heavy (non-hydrogen) atoms. The van der Waals surface area contributed by atoms with Crippen molar-refractivity contribution in [3.63, 3.8) is 0 Å². The molecular weight excluding hydrogens is 342 g/mol. The van der Waals surface area contributed by atoms with Crippen LogP contribution in [0.3, 0.4) is 0 Å². The lowest BCUT2D eigenvalue weighted by Crippen LogP contribution is -2.32. The van der Waals surface area contributed by atoms with Gasteiger partial charge >= 0.3 is 0 Å². The predicted octanol–water partition coefficient (Wildman–Crippen LogP) is 5.75. The molecule has 0 aliphatic heterocycles.